The SMILES string of the molecule is COCC(C)NC(N)=NCC(C)(O)c1ccsc1. The monoisotopic (exact) mass is 271 g/mol. The first kappa shape index (κ1) is 14.9. The summed E-state index contributed by atoms with van der Waals surface area (Å²) in [5.41, 5.74) is 5.61. The first-order chi connectivity index (χ1) is 8.45. The summed E-state index contributed by atoms with van der Waals surface area (Å²) < 4.78 is 4.99. The molecule has 0 radical (unpaired) electrons. The standard InChI is InChI=1S/C12H21N3O2S/c1-9(6-17-3)15-11(13)14-8-12(2,16)10-4-5-18-7-10/h4-5,7,9,16H,6,8H2,1-3H3,(H3,13,14,15). The Balaban J connectivity index is 2.52. The highest BCUT2D eigenvalue weighted by molar-refractivity contribution is 7.08. The molecule has 4 N–H and O–H groups in total. The van der Waals surface area contributed by atoms with Gasteiger partial charge in [0.1, 0.15) is 5.60 Å². The number of methoxy groups -OCH3 is 1. The van der Waals surface area contributed by atoms with E-state index in [9.17, 15) is 5.11 Å². The number of guanidine groups is 1. The van der Waals surface area contributed by atoms with Gasteiger partial charge in [0.05, 0.1) is 13.2 Å². The van der Waals surface area contributed by atoms with Crippen LogP contribution in [-0.4, -0.2) is 37.4 Å². The van der Waals surface area contributed by atoms with Crippen LogP contribution < -0.4 is 11.1 Å². The largest absolute Gasteiger partial charge is 0.383 e. The molecule has 0 aliphatic carbocycles. The molecule has 1 rings (SSSR count). The van der Waals surface area contributed by atoms with Crippen LogP contribution in [0, 0.1) is 0 Å². The molecule has 0 aliphatic heterocycles. The van der Waals surface area contributed by atoms with E-state index < -0.39 is 5.60 Å². The van der Waals surface area contributed by atoms with Crippen molar-refractivity contribution in [2.45, 2.75) is 25.5 Å². The van der Waals surface area contributed by atoms with Crippen molar-refractivity contribution in [2.75, 3.05) is 20.3 Å². The smallest absolute Gasteiger partial charge is 0.188 e. The molecule has 5 nitrogen and oxygen atoms in total. The number of aliphatic imine (C=N–C) groups is 1. The Morgan fingerprint density at radius 3 is 3.00 bits per heavy atom. The summed E-state index contributed by atoms with van der Waals surface area (Å²) in [5.74, 6) is 0.315. The number of rotatable bonds is 6. The number of nitrogens with two attached hydrogens (primary N) is 1. The van der Waals surface area contributed by atoms with Crippen molar-refractivity contribution >= 4 is 17.3 Å². The Hall–Kier alpha value is -1.11. The van der Waals surface area contributed by atoms with Crippen LogP contribution in [0.2, 0.25) is 0 Å². The van der Waals surface area contributed by atoms with E-state index in [1.54, 1.807) is 25.4 Å². The molecule has 1 aromatic rings. The predicted octanol–water partition coefficient (Wildman–Crippen LogP) is 0.895. The minimum atomic E-state index is -0.989. The average molecular weight is 271 g/mol. The maximum atomic E-state index is 10.3. The zero-order valence-electron chi connectivity index (χ0n) is 11.0. The average Bonchev–Trinajstić information content (AvgIpc) is 2.81. The summed E-state index contributed by atoms with van der Waals surface area (Å²) in [6, 6.07) is 1.97. The van der Waals surface area contributed by atoms with Crippen LogP contribution >= 0.6 is 11.3 Å². The third-order valence-electron chi connectivity index (χ3n) is 2.51. The normalized spacial score (nSPS) is 17.2. The lowest BCUT2D eigenvalue weighted by Crippen LogP contribution is -2.41. The Morgan fingerprint density at radius 1 is 1.72 bits per heavy atom. The highest BCUT2D eigenvalue weighted by atomic mass is 32.1. The molecular weight excluding hydrogens is 250 g/mol. The Bertz CT molecular complexity index is 377. The van der Waals surface area contributed by atoms with Gasteiger partial charge in [-0.3, -0.25) is 4.99 Å². The van der Waals surface area contributed by atoms with Crippen molar-refractivity contribution < 1.29 is 9.84 Å². The van der Waals surface area contributed by atoms with E-state index in [-0.39, 0.29) is 12.6 Å². The van der Waals surface area contributed by atoms with Crippen molar-refractivity contribution in [1.82, 2.24) is 5.32 Å². The molecule has 0 aliphatic rings. The van der Waals surface area contributed by atoms with Crippen LogP contribution in [0.1, 0.15) is 19.4 Å². The second-order valence-electron chi connectivity index (χ2n) is 4.49. The molecule has 1 aromatic heterocycles. The molecule has 6 heteroatoms. The highest BCUT2D eigenvalue weighted by Gasteiger charge is 2.23. The van der Waals surface area contributed by atoms with Gasteiger partial charge in [0.25, 0.3) is 0 Å². The number of nitrogens with one attached hydrogen (secondary N) is 1. The molecule has 0 fully saturated rings. The fourth-order valence-corrected chi connectivity index (χ4v) is 2.27. The molecule has 1 heterocycles. The lowest BCUT2D eigenvalue weighted by molar-refractivity contribution is 0.0677. The van der Waals surface area contributed by atoms with Gasteiger partial charge < -0.3 is 20.9 Å². The fraction of sp³-hybridized carbons (Fsp3) is 0.583. The molecule has 0 spiro atoms. The van der Waals surface area contributed by atoms with Gasteiger partial charge in [-0.1, -0.05) is 0 Å². The summed E-state index contributed by atoms with van der Waals surface area (Å²) in [6.07, 6.45) is 0. The Kier molecular flexibility index (Phi) is 5.58. The van der Waals surface area contributed by atoms with Gasteiger partial charge in [-0.05, 0) is 36.2 Å². The van der Waals surface area contributed by atoms with E-state index in [0.717, 1.165) is 5.56 Å². The highest BCUT2D eigenvalue weighted by Crippen LogP contribution is 2.22. The molecule has 0 aromatic carbocycles. The number of aliphatic hydroxyl groups is 1. The molecule has 0 saturated heterocycles. The van der Waals surface area contributed by atoms with Gasteiger partial charge in [0, 0.05) is 13.2 Å². The maximum Gasteiger partial charge on any atom is 0.188 e. The van der Waals surface area contributed by atoms with Crippen LogP contribution in [0.4, 0.5) is 0 Å². The number of nitrogens with zero attached hydrogens (tertiary/aromatic N) is 1. The molecule has 0 amide bonds. The molecule has 0 bridgehead atoms. The van der Waals surface area contributed by atoms with E-state index in [2.05, 4.69) is 10.3 Å². The van der Waals surface area contributed by atoms with E-state index in [1.165, 1.54) is 0 Å². The molecule has 2 atom stereocenters. The summed E-state index contributed by atoms with van der Waals surface area (Å²) in [5, 5.41) is 17.1. The maximum absolute atomic E-state index is 10.3. The topological polar surface area (TPSA) is 79.9 Å². The van der Waals surface area contributed by atoms with Gasteiger partial charge in [-0.25, -0.2) is 0 Å². The lowest BCUT2D eigenvalue weighted by atomic mass is 10.00. The molecule has 0 saturated carbocycles. The van der Waals surface area contributed by atoms with E-state index in [4.69, 9.17) is 10.5 Å². The van der Waals surface area contributed by atoms with Gasteiger partial charge in [0.15, 0.2) is 5.96 Å². The van der Waals surface area contributed by atoms with Crippen molar-refractivity contribution in [3.8, 4) is 0 Å². The first-order valence-electron chi connectivity index (χ1n) is 5.76. The predicted molar refractivity (Wildman–Crippen MR) is 74.9 cm³/mol. The van der Waals surface area contributed by atoms with Crippen LogP contribution in [0.25, 0.3) is 0 Å². The van der Waals surface area contributed by atoms with Crippen molar-refractivity contribution in [3.63, 3.8) is 0 Å². The number of thiophene rings is 1. The summed E-state index contributed by atoms with van der Waals surface area (Å²) in [6.45, 7) is 4.45. The van der Waals surface area contributed by atoms with Crippen LogP contribution in [-0.2, 0) is 10.3 Å². The minimum absolute atomic E-state index is 0.0878. The van der Waals surface area contributed by atoms with Crippen molar-refractivity contribution in [3.05, 3.63) is 22.4 Å². The lowest BCUT2D eigenvalue weighted by Gasteiger charge is -2.21. The summed E-state index contributed by atoms with van der Waals surface area (Å²) in [4.78, 5) is 4.16. The second-order valence-corrected chi connectivity index (χ2v) is 5.27. The van der Waals surface area contributed by atoms with Gasteiger partial charge in [-0.15, -0.1) is 0 Å². The zero-order chi connectivity index (χ0) is 13.6. The number of hydrogen-bond donors (Lipinski definition) is 3. The van der Waals surface area contributed by atoms with E-state index in [0.29, 0.717) is 12.6 Å². The Morgan fingerprint density at radius 2 is 2.44 bits per heavy atom. The van der Waals surface area contributed by atoms with Crippen LogP contribution in [0.15, 0.2) is 21.8 Å². The zero-order valence-corrected chi connectivity index (χ0v) is 11.8. The van der Waals surface area contributed by atoms with Gasteiger partial charge in [-0.2, -0.15) is 11.3 Å². The molecule has 102 valence electrons. The molecule has 18 heavy (non-hydrogen) atoms. The number of hydrogen-bond acceptors (Lipinski definition) is 4. The van der Waals surface area contributed by atoms with Gasteiger partial charge in [0.2, 0.25) is 0 Å². The fourth-order valence-electron chi connectivity index (χ4n) is 1.49. The summed E-state index contributed by atoms with van der Waals surface area (Å²) >= 11 is 1.55. The summed E-state index contributed by atoms with van der Waals surface area (Å²) in [7, 11) is 1.63. The quantitative estimate of drug-likeness (QED) is 0.530. The van der Waals surface area contributed by atoms with Crippen LogP contribution in [0.3, 0.4) is 0 Å². The third-order valence-corrected chi connectivity index (χ3v) is 3.19. The Labute approximate surface area is 112 Å². The van der Waals surface area contributed by atoms with Crippen molar-refractivity contribution in [1.29, 1.82) is 0 Å². The van der Waals surface area contributed by atoms with E-state index >= 15 is 0 Å². The first-order valence-corrected chi connectivity index (χ1v) is 6.70. The minimum Gasteiger partial charge on any atom is -0.383 e. The van der Waals surface area contributed by atoms with E-state index in [1.807, 2.05) is 23.8 Å². The third kappa shape index (κ3) is 4.64. The van der Waals surface area contributed by atoms with Crippen molar-refractivity contribution in [2.24, 2.45) is 10.7 Å². The molecule has 2 unspecified atom stereocenters. The van der Waals surface area contributed by atoms with Gasteiger partial charge >= 0.3 is 0 Å². The second kappa shape index (κ2) is 6.72. The number of ether oxygens (including phenoxy) is 1. The molecular formula is C12H21N3O2S. The van der Waals surface area contributed by atoms with Crippen LogP contribution in [0.5, 0.6) is 0 Å².